The standard InChI is InChI=1S/C15H24ClNO3/c1-19-10-11-20-9-5-4-8-17-12-15(18)13-6-2-3-7-14(13)16/h2-3,6-7,15,17-18H,4-5,8-12H2,1H3. The molecule has 5 heteroatoms. The van der Waals surface area contributed by atoms with Crippen LogP contribution in [0.5, 0.6) is 0 Å². The van der Waals surface area contributed by atoms with Gasteiger partial charge in [0.2, 0.25) is 0 Å². The molecule has 2 N–H and O–H groups in total. The van der Waals surface area contributed by atoms with Crippen LogP contribution in [0, 0.1) is 0 Å². The topological polar surface area (TPSA) is 50.7 Å². The smallest absolute Gasteiger partial charge is 0.0928 e. The van der Waals surface area contributed by atoms with Gasteiger partial charge in [0, 0.05) is 30.8 Å². The zero-order valence-electron chi connectivity index (χ0n) is 12.0. The van der Waals surface area contributed by atoms with Crippen LogP contribution in [0.1, 0.15) is 24.5 Å². The van der Waals surface area contributed by atoms with Crippen molar-refractivity contribution in [2.45, 2.75) is 18.9 Å². The molecule has 20 heavy (non-hydrogen) atoms. The molecule has 0 saturated heterocycles. The Hall–Kier alpha value is -0.650. The van der Waals surface area contributed by atoms with Gasteiger partial charge in [-0.25, -0.2) is 0 Å². The van der Waals surface area contributed by atoms with Crippen molar-refractivity contribution < 1.29 is 14.6 Å². The van der Waals surface area contributed by atoms with Crippen molar-refractivity contribution in [2.24, 2.45) is 0 Å². The molecule has 114 valence electrons. The SMILES string of the molecule is COCCOCCCCNCC(O)c1ccccc1Cl. The summed E-state index contributed by atoms with van der Waals surface area (Å²) in [4.78, 5) is 0. The fraction of sp³-hybridized carbons (Fsp3) is 0.600. The van der Waals surface area contributed by atoms with Crippen LogP contribution in [-0.4, -0.2) is 45.1 Å². The van der Waals surface area contributed by atoms with Crippen LogP contribution in [0.25, 0.3) is 0 Å². The van der Waals surface area contributed by atoms with E-state index in [1.807, 2.05) is 18.2 Å². The van der Waals surface area contributed by atoms with Gasteiger partial charge >= 0.3 is 0 Å². The molecule has 4 nitrogen and oxygen atoms in total. The third kappa shape index (κ3) is 7.22. The molecule has 0 saturated carbocycles. The quantitative estimate of drug-likeness (QED) is 0.616. The summed E-state index contributed by atoms with van der Waals surface area (Å²) in [6, 6.07) is 7.37. The Morgan fingerprint density at radius 3 is 2.75 bits per heavy atom. The van der Waals surface area contributed by atoms with E-state index in [1.165, 1.54) is 0 Å². The maximum Gasteiger partial charge on any atom is 0.0928 e. The Balaban J connectivity index is 2.03. The summed E-state index contributed by atoms with van der Waals surface area (Å²) >= 11 is 6.03. The Kier molecular flexibility index (Phi) is 9.62. The lowest BCUT2D eigenvalue weighted by molar-refractivity contribution is 0.0687. The van der Waals surface area contributed by atoms with E-state index in [9.17, 15) is 5.11 Å². The largest absolute Gasteiger partial charge is 0.387 e. The number of aliphatic hydroxyl groups excluding tert-OH is 1. The first-order valence-corrected chi connectivity index (χ1v) is 7.33. The zero-order valence-corrected chi connectivity index (χ0v) is 12.7. The monoisotopic (exact) mass is 301 g/mol. The molecule has 0 amide bonds. The molecule has 0 aliphatic heterocycles. The maximum atomic E-state index is 10.0. The van der Waals surface area contributed by atoms with Crippen LogP contribution < -0.4 is 5.32 Å². The normalized spacial score (nSPS) is 12.6. The van der Waals surface area contributed by atoms with E-state index in [2.05, 4.69) is 5.32 Å². The summed E-state index contributed by atoms with van der Waals surface area (Å²) in [5, 5.41) is 13.8. The van der Waals surface area contributed by atoms with Gasteiger partial charge in [-0.3, -0.25) is 0 Å². The fourth-order valence-corrected chi connectivity index (χ4v) is 2.05. The van der Waals surface area contributed by atoms with E-state index in [4.69, 9.17) is 21.1 Å². The first kappa shape index (κ1) is 17.4. The summed E-state index contributed by atoms with van der Waals surface area (Å²) in [5.41, 5.74) is 0.768. The second kappa shape index (κ2) is 11.1. The van der Waals surface area contributed by atoms with E-state index in [0.717, 1.165) is 31.6 Å². The number of benzene rings is 1. The van der Waals surface area contributed by atoms with Crippen molar-refractivity contribution in [2.75, 3.05) is 40.0 Å². The Labute approximate surface area is 126 Å². The second-order valence-electron chi connectivity index (χ2n) is 4.55. The fourth-order valence-electron chi connectivity index (χ4n) is 1.79. The molecular weight excluding hydrogens is 278 g/mol. The summed E-state index contributed by atoms with van der Waals surface area (Å²) in [5.74, 6) is 0. The minimum atomic E-state index is -0.568. The van der Waals surface area contributed by atoms with Crippen LogP contribution in [-0.2, 0) is 9.47 Å². The van der Waals surface area contributed by atoms with Crippen LogP contribution in [0.15, 0.2) is 24.3 Å². The molecule has 1 aromatic rings. The lowest BCUT2D eigenvalue weighted by Gasteiger charge is -2.13. The number of rotatable bonds is 11. The van der Waals surface area contributed by atoms with E-state index in [1.54, 1.807) is 13.2 Å². The van der Waals surface area contributed by atoms with Gasteiger partial charge in [-0.2, -0.15) is 0 Å². The minimum absolute atomic E-state index is 0.508. The highest BCUT2D eigenvalue weighted by atomic mass is 35.5. The number of ether oxygens (including phenoxy) is 2. The van der Waals surface area contributed by atoms with Crippen molar-refractivity contribution in [3.05, 3.63) is 34.9 Å². The Bertz CT molecular complexity index is 363. The molecule has 0 bridgehead atoms. The molecule has 0 aliphatic carbocycles. The van der Waals surface area contributed by atoms with Crippen LogP contribution in [0.2, 0.25) is 5.02 Å². The summed E-state index contributed by atoms with van der Waals surface area (Å²) in [7, 11) is 1.66. The third-order valence-electron chi connectivity index (χ3n) is 2.93. The van der Waals surface area contributed by atoms with Crippen molar-refractivity contribution in [3.63, 3.8) is 0 Å². The summed E-state index contributed by atoms with van der Waals surface area (Å²) < 4.78 is 10.3. The predicted molar refractivity (Wildman–Crippen MR) is 81.2 cm³/mol. The van der Waals surface area contributed by atoms with Crippen LogP contribution >= 0.6 is 11.6 Å². The lowest BCUT2D eigenvalue weighted by Crippen LogP contribution is -2.23. The molecule has 1 unspecified atom stereocenters. The molecule has 1 aromatic carbocycles. The van der Waals surface area contributed by atoms with E-state index < -0.39 is 6.10 Å². The third-order valence-corrected chi connectivity index (χ3v) is 3.27. The van der Waals surface area contributed by atoms with Crippen molar-refractivity contribution in [3.8, 4) is 0 Å². The highest BCUT2D eigenvalue weighted by molar-refractivity contribution is 6.31. The molecule has 0 radical (unpaired) electrons. The number of hydrogen-bond acceptors (Lipinski definition) is 4. The van der Waals surface area contributed by atoms with Crippen molar-refractivity contribution in [1.29, 1.82) is 0 Å². The first-order valence-electron chi connectivity index (χ1n) is 6.95. The van der Waals surface area contributed by atoms with Gasteiger partial charge in [0.05, 0.1) is 19.3 Å². The molecule has 0 heterocycles. The highest BCUT2D eigenvalue weighted by Gasteiger charge is 2.09. The number of halogens is 1. The van der Waals surface area contributed by atoms with Gasteiger partial charge in [-0.05, 0) is 25.5 Å². The van der Waals surface area contributed by atoms with Gasteiger partial charge in [0.15, 0.2) is 0 Å². The highest BCUT2D eigenvalue weighted by Crippen LogP contribution is 2.21. The Morgan fingerprint density at radius 2 is 2.00 bits per heavy atom. The van der Waals surface area contributed by atoms with Gasteiger partial charge < -0.3 is 19.9 Å². The molecule has 0 aromatic heterocycles. The molecule has 0 aliphatic rings. The van der Waals surface area contributed by atoms with E-state index >= 15 is 0 Å². The summed E-state index contributed by atoms with van der Waals surface area (Å²) in [6.45, 7) is 3.40. The minimum Gasteiger partial charge on any atom is -0.387 e. The Morgan fingerprint density at radius 1 is 1.20 bits per heavy atom. The van der Waals surface area contributed by atoms with Gasteiger partial charge in [0.25, 0.3) is 0 Å². The lowest BCUT2D eigenvalue weighted by atomic mass is 10.1. The first-order chi connectivity index (χ1) is 9.75. The molecule has 1 atom stereocenters. The molecular formula is C15H24ClNO3. The van der Waals surface area contributed by atoms with Crippen LogP contribution in [0.3, 0.4) is 0 Å². The molecule has 0 spiro atoms. The van der Waals surface area contributed by atoms with E-state index in [0.29, 0.717) is 24.8 Å². The number of nitrogens with one attached hydrogen (secondary N) is 1. The molecule has 1 rings (SSSR count). The summed E-state index contributed by atoms with van der Waals surface area (Å²) in [6.07, 6.45) is 1.45. The molecule has 0 fully saturated rings. The number of methoxy groups -OCH3 is 1. The zero-order chi connectivity index (χ0) is 14.6. The van der Waals surface area contributed by atoms with Gasteiger partial charge in [-0.1, -0.05) is 29.8 Å². The van der Waals surface area contributed by atoms with Gasteiger partial charge in [-0.15, -0.1) is 0 Å². The van der Waals surface area contributed by atoms with Crippen molar-refractivity contribution >= 4 is 11.6 Å². The number of unbranched alkanes of at least 4 members (excludes halogenated alkanes) is 1. The maximum absolute atomic E-state index is 10.0. The second-order valence-corrected chi connectivity index (χ2v) is 4.96. The number of hydrogen-bond donors (Lipinski definition) is 2. The predicted octanol–water partition coefficient (Wildman–Crippen LogP) is 2.41. The van der Waals surface area contributed by atoms with Crippen molar-refractivity contribution in [1.82, 2.24) is 5.32 Å². The van der Waals surface area contributed by atoms with Crippen LogP contribution in [0.4, 0.5) is 0 Å². The van der Waals surface area contributed by atoms with Gasteiger partial charge in [0.1, 0.15) is 0 Å². The number of aliphatic hydroxyl groups is 1. The average Bonchev–Trinajstić information content (AvgIpc) is 2.46. The van der Waals surface area contributed by atoms with E-state index in [-0.39, 0.29) is 0 Å². The average molecular weight is 302 g/mol.